The van der Waals surface area contributed by atoms with Crippen LogP contribution in [0.15, 0.2) is 36.7 Å². The van der Waals surface area contributed by atoms with Gasteiger partial charge in [0.1, 0.15) is 0 Å². The molecule has 0 saturated carbocycles. The highest BCUT2D eigenvalue weighted by atomic mass is 16.5. The van der Waals surface area contributed by atoms with Crippen molar-refractivity contribution < 1.29 is 9.53 Å². The van der Waals surface area contributed by atoms with Crippen molar-refractivity contribution in [3.8, 4) is 0 Å². The van der Waals surface area contributed by atoms with Gasteiger partial charge in [-0.1, -0.05) is 26.0 Å². The maximum Gasteiger partial charge on any atom is 0.308 e. The zero-order valence-electron chi connectivity index (χ0n) is 10.7. The SMILES string of the molecule is CC(C)C(=O)OCCc1ccc2ccncc2c1. The van der Waals surface area contributed by atoms with Gasteiger partial charge in [-0.15, -0.1) is 0 Å². The summed E-state index contributed by atoms with van der Waals surface area (Å²) in [4.78, 5) is 15.4. The Bertz CT molecular complexity index is 549. The summed E-state index contributed by atoms with van der Waals surface area (Å²) in [6, 6.07) is 8.20. The first-order chi connectivity index (χ1) is 8.66. The predicted molar refractivity (Wildman–Crippen MR) is 71.2 cm³/mol. The summed E-state index contributed by atoms with van der Waals surface area (Å²) in [6.07, 6.45) is 4.37. The van der Waals surface area contributed by atoms with Crippen LogP contribution in [0.2, 0.25) is 0 Å². The number of benzene rings is 1. The van der Waals surface area contributed by atoms with Crippen LogP contribution in [0.5, 0.6) is 0 Å². The molecule has 18 heavy (non-hydrogen) atoms. The molecule has 0 fully saturated rings. The van der Waals surface area contributed by atoms with E-state index in [4.69, 9.17) is 4.74 Å². The summed E-state index contributed by atoms with van der Waals surface area (Å²) in [5.41, 5.74) is 1.16. The Morgan fingerprint density at radius 1 is 1.28 bits per heavy atom. The van der Waals surface area contributed by atoms with Crippen LogP contribution >= 0.6 is 0 Å². The van der Waals surface area contributed by atoms with Crippen molar-refractivity contribution in [1.82, 2.24) is 4.98 Å². The fourth-order valence-electron chi connectivity index (χ4n) is 1.73. The third-order valence-electron chi connectivity index (χ3n) is 2.81. The Balaban J connectivity index is 1.98. The van der Waals surface area contributed by atoms with Crippen molar-refractivity contribution in [2.24, 2.45) is 5.92 Å². The average molecular weight is 243 g/mol. The molecule has 3 heteroatoms. The molecule has 0 aliphatic carbocycles. The van der Waals surface area contributed by atoms with Gasteiger partial charge in [-0.05, 0) is 23.1 Å². The van der Waals surface area contributed by atoms with Crippen LogP contribution < -0.4 is 0 Å². The van der Waals surface area contributed by atoms with Gasteiger partial charge < -0.3 is 4.74 Å². The molecule has 94 valence electrons. The molecule has 0 bridgehead atoms. The second-order valence-electron chi connectivity index (χ2n) is 4.63. The molecule has 1 aromatic carbocycles. The van der Waals surface area contributed by atoms with Gasteiger partial charge in [-0.25, -0.2) is 0 Å². The van der Waals surface area contributed by atoms with Gasteiger partial charge >= 0.3 is 5.97 Å². The first-order valence-corrected chi connectivity index (χ1v) is 6.16. The van der Waals surface area contributed by atoms with Crippen LogP contribution in [0.4, 0.5) is 0 Å². The lowest BCUT2D eigenvalue weighted by Gasteiger charge is -2.07. The largest absolute Gasteiger partial charge is 0.465 e. The van der Waals surface area contributed by atoms with Gasteiger partial charge in [-0.2, -0.15) is 0 Å². The van der Waals surface area contributed by atoms with Crippen molar-refractivity contribution in [3.63, 3.8) is 0 Å². The summed E-state index contributed by atoms with van der Waals surface area (Å²) in [6.45, 7) is 4.11. The topological polar surface area (TPSA) is 39.2 Å². The zero-order chi connectivity index (χ0) is 13.0. The third-order valence-corrected chi connectivity index (χ3v) is 2.81. The van der Waals surface area contributed by atoms with E-state index < -0.39 is 0 Å². The minimum Gasteiger partial charge on any atom is -0.465 e. The molecule has 0 aliphatic rings. The first kappa shape index (κ1) is 12.6. The van der Waals surface area contributed by atoms with E-state index >= 15 is 0 Å². The van der Waals surface area contributed by atoms with E-state index in [0.717, 1.165) is 17.4 Å². The van der Waals surface area contributed by atoms with E-state index in [-0.39, 0.29) is 11.9 Å². The van der Waals surface area contributed by atoms with Gasteiger partial charge in [-0.3, -0.25) is 9.78 Å². The van der Waals surface area contributed by atoms with E-state index in [1.54, 1.807) is 6.20 Å². The van der Waals surface area contributed by atoms with Gasteiger partial charge in [0.2, 0.25) is 0 Å². The number of esters is 1. The number of carbonyl (C=O) groups excluding carboxylic acids is 1. The smallest absolute Gasteiger partial charge is 0.308 e. The average Bonchev–Trinajstić information content (AvgIpc) is 2.38. The number of ether oxygens (including phenoxy) is 1. The number of pyridine rings is 1. The van der Waals surface area contributed by atoms with Crippen molar-refractivity contribution >= 4 is 16.7 Å². The molecule has 0 saturated heterocycles. The van der Waals surface area contributed by atoms with Gasteiger partial charge in [0.15, 0.2) is 0 Å². The van der Waals surface area contributed by atoms with Crippen LogP contribution in [0.3, 0.4) is 0 Å². The Morgan fingerprint density at radius 3 is 2.89 bits per heavy atom. The number of rotatable bonds is 4. The normalized spacial score (nSPS) is 10.8. The molecule has 0 radical (unpaired) electrons. The van der Waals surface area contributed by atoms with Crippen LogP contribution in [-0.4, -0.2) is 17.6 Å². The lowest BCUT2D eigenvalue weighted by Crippen LogP contribution is -2.13. The minimum atomic E-state index is -0.141. The number of hydrogen-bond acceptors (Lipinski definition) is 3. The monoisotopic (exact) mass is 243 g/mol. The Kier molecular flexibility index (Phi) is 3.92. The lowest BCUT2D eigenvalue weighted by atomic mass is 10.1. The number of hydrogen-bond donors (Lipinski definition) is 0. The van der Waals surface area contributed by atoms with Crippen molar-refractivity contribution in [3.05, 3.63) is 42.2 Å². The Hall–Kier alpha value is -1.90. The second kappa shape index (κ2) is 5.63. The summed E-state index contributed by atoms with van der Waals surface area (Å²) in [5.74, 6) is -0.205. The highest BCUT2D eigenvalue weighted by Crippen LogP contribution is 2.14. The van der Waals surface area contributed by atoms with Crippen LogP contribution in [0, 0.1) is 5.92 Å². The zero-order valence-corrected chi connectivity index (χ0v) is 10.7. The van der Waals surface area contributed by atoms with Gasteiger partial charge in [0.25, 0.3) is 0 Å². The van der Waals surface area contributed by atoms with Crippen LogP contribution in [-0.2, 0) is 16.0 Å². The standard InChI is InChI=1S/C15H17NO2/c1-11(2)15(17)18-8-6-12-3-4-13-5-7-16-10-14(13)9-12/h3-5,7,9-11H,6,8H2,1-2H3. The van der Waals surface area contributed by atoms with Crippen LogP contribution in [0.25, 0.3) is 10.8 Å². The summed E-state index contributed by atoms with van der Waals surface area (Å²) in [7, 11) is 0. The highest BCUT2D eigenvalue weighted by Gasteiger charge is 2.07. The van der Waals surface area contributed by atoms with Crippen molar-refractivity contribution in [1.29, 1.82) is 0 Å². The molecule has 0 atom stereocenters. The van der Waals surface area contributed by atoms with Gasteiger partial charge in [0.05, 0.1) is 12.5 Å². The lowest BCUT2D eigenvalue weighted by molar-refractivity contribution is -0.147. The molecule has 2 rings (SSSR count). The Morgan fingerprint density at radius 2 is 2.11 bits per heavy atom. The molecule has 0 amide bonds. The molecule has 0 aliphatic heterocycles. The number of nitrogens with zero attached hydrogens (tertiary/aromatic N) is 1. The minimum absolute atomic E-state index is 0.0641. The molecular weight excluding hydrogens is 226 g/mol. The molecule has 0 unspecified atom stereocenters. The molecule has 1 heterocycles. The molecule has 0 N–H and O–H groups in total. The third kappa shape index (κ3) is 3.06. The van der Waals surface area contributed by atoms with Crippen molar-refractivity contribution in [2.45, 2.75) is 20.3 Å². The molecule has 0 spiro atoms. The summed E-state index contributed by atoms with van der Waals surface area (Å²) >= 11 is 0. The highest BCUT2D eigenvalue weighted by molar-refractivity contribution is 5.82. The van der Waals surface area contributed by atoms with E-state index in [1.165, 1.54) is 5.39 Å². The predicted octanol–water partition coefficient (Wildman–Crippen LogP) is 2.98. The van der Waals surface area contributed by atoms with Crippen LogP contribution in [0.1, 0.15) is 19.4 Å². The molecule has 3 nitrogen and oxygen atoms in total. The van der Waals surface area contributed by atoms with Crippen molar-refractivity contribution in [2.75, 3.05) is 6.61 Å². The summed E-state index contributed by atoms with van der Waals surface area (Å²) in [5, 5.41) is 2.29. The fourth-order valence-corrected chi connectivity index (χ4v) is 1.73. The van der Waals surface area contributed by atoms with E-state index in [2.05, 4.69) is 23.2 Å². The molecule has 2 aromatic rings. The quantitative estimate of drug-likeness (QED) is 0.775. The van der Waals surface area contributed by atoms with E-state index in [0.29, 0.717) is 6.61 Å². The number of fused-ring (bicyclic) bond motifs is 1. The van der Waals surface area contributed by atoms with E-state index in [1.807, 2.05) is 26.1 Å². The van der Waals surface area contributed by atoms with Gasteiger partial charge in [0, 0.05) is 24.2 Å². The molecular formula is C15H17NO2. The first-order valence-electron chi connectivity index (χ1n) is 6.16. The van der Waals surface area contributed by atoms with E-state index in [9.17, 15) is 4.79 Å². The Labute approximate surface area is 107 Å². The maximum absolute atomic E-state index is 11.3. The number of aromatic nitrogens is 1. The molecule has 1 aromatic heterocycles. The summed E-state index contributed by atoms with van der Waals surface area (Å²) < 4.78 is 5.16. The maximum atomic E-state index is 11.3. The second-order valence-corrected chi connectivity index (χ2v) is 4.63. The fraction of sp³-hybridized carbons (Fsp3) is 0.333. The number of carbonyl (C=O) groups is 1.